The summed E-state index contributed by atoms with van der Waals surface area (Å²) in [4.78, 5) is 0. The monoisotopic (exact) mass is 394 g/mol. The van der Waals surface area contributed by atoms with Crippen LogP contribution in [0.3, 0.4) is 0 Å². The van der Waals surface area contributed by atoms with Crippen LogP contribution in [-0.4, -0.2) is 0 Å². The molecule has 0 saturated heterocycles. The lowest BCUT2D eigenvalue weighted by molar-refractivity contribution is 1.53. The van der Waals surface area contributed by atoms with Gasteiger partial charge >= 0.3 is 0 Å². The molecule has 0 spiro atoms. The molecule has 0 unspecified atom stereocenters. The molecule has 0 amide bonds. The minimum absolute atomic E-state index is 1.28. The van der Waals surface area contributed by atoms with Crippen LogP contribution in [0.2, 0.25) is 0 Å². The van der Waals surface area contributed by atoms with E-state index in [4.69, 9.17) is 0 Å². The molecule has 4 aromatic rings. The Morgan fingerprint density at radius 3 is 2.27 bits per heavy atom. The smallest absolute Gasteiger partial charge is 0.0136 e. The zero-order valence-corrected chi connectivity index (χ0v) is 14.5. The van der Waals surface area contributed by atoms with Crippen molar-refractivity contribution in [2.24, 2.45) is 0 Å². The van der Waals surface area contributed by atoms with E-state index < -0.39 is 0 Å². The summed E-state index contributed by atoms with van der Waals surface area (Å²) >= 11 is 2.36. The van der Waals surface area contributed by atoms with Gasteiger partial charge in [0.15, 0.2) is 0 Å². The normalized spacial score (nSPS) is 11.2. The fourth-order valence-electron chi connectivity index (χ4n) is 3.09. The molecule has 1 heteroatoms. The van der Waals surface area contributed by atoms with Gasteiger partial charge in [0, 0.05) is 3.57 Å². The second-order valence-electron chi connectivity index (χ2n) is 5.68. The summed E-state index contributed by atoms with van der Waals surface area (Å²) in [6, 6.07) is 26.5. The van der Waals surface area contributed by atoms with Crippen LogP contribution in [0, 0.1) is 10.5 Å². The van der Waals surface area contributed by atoms with Crippen LogP contribution in [0.25, 0.3) is 32.7 Å². The van der Waals surface area contributed by atoms with E-state index in [1.807, 2.05) is 0 Å². The van der Waals surface area contributed by atoms with Crippen LogP contribution in [0.5, 0.6) is 0 Å². The Balaban J connectivity index is 1.99. The molecule has 0 N–H and O–H groups in total. The Bertz CT molecular complexity index is 999. The highest BCUT2D eigenvalue weighted by molar-refractivity contribution is 14.1. The summed E-state index contributed by atoms with van der Waals surface area (Å²) in [5.41, 5.74) is 3.92. The molecule has 0 aliphatic heterocycles. The van der Waals surface area contributed by atoms with Gasteiger partial charge in [-0.05, 0) is 85.9 Å². The minimum Gasteiger partial charge on any atom is -0.0616 e. The number of hydrogen-bond acceptors (Lipinski definition) is 0. The zero-order chi connectivity index (χ0) is 15.1. The zero-order valence-electron chi connectivity index (χ0n) is 12.3. The van der Waals surface area contributed by atoms with Gasteiger partial charge in [0.05, 0.1) is 0 Å². The summed E-state index contributed by atoms with van der Waals surface area (Å²) in [6.07, 6.45) is 0. The van der Waals surface area contributed by atoms with Crippen molar-refractivity contribution in [3.05, 3.63) is 81.9 Å². The fraction of sp³-hybridized carbons (Fsp3) is 0.0476. The summed E-state index contributed by atoms with van der Waals surface area (Å²) in [5, 5.41) is 5.25. The fourth-order valence-corrected chi connectivity index (χ4v) is 3.60. The number of fused-ring (bicyclic) bond motifs is 2. The molecule has 0 nitrogen and oxygen atoms in total. The van der Waals surface area contributed by atoms with E-state index in [2.05, 4.69) is 102 Å². The Hall–Kier alpha value is -1.87. The third kappa shape index (κ3) is 2.30. The summed E-state index contributed by atoms with van der Waals surface area (Å²) < 4.78 is 1.28. The molecule has 0 bridgehead atoms. The van der Waals surface area contributed by atoms with Gasteiger partial charge in [0.25, 0.3) is 0 Å². The van der Waals surface area contributed by atoms with Crippen molar-refractivity contribution in [1.82, 2.24) is 0 Å². The summed E-state index contributed by atoms with van der Waals surface area (Å²) in [7, 11) is 0. The van der Waals surface area contributed by atoms with Crippen molar-refractivity contribution in [3.63, 3.8) is 0 Å². The highest BCUT2D eigenvalue weighted by atomic mass is 127. The molecule has 0 aliphatic carbocycles. The van der Waals surface area contributed by atoms with Crippen LogP contribution in [0.4, 0.5) is 0 Å². The Labute approximate surface area is 143 Å². The first-order valence-corrected chi connectivity index (χ1v) is 8.48. The van der Waals surface area contributed by atoms with Gasteiger partial charge in [0.2, 0.25) is 0 Å². The van der Waals surface area contributed by atoms with Gasteiger partial charge in [-0.2, -0.15) is 0 Å². The highest BCUT2D eigenvalue weighted by Crippen LogP contribution is 2.32. The molecule has 0 atom stereocenters. The lowest BCUT2D eigenvalue weighted by atomic mass is 9.94. The first kappa shape index (κ1) is 13.8. The van der Waals surface area contributed by atoms with E-state index in [1.165, 1.54) is 41.8 Å². The Kier molecular flexibility index (Phi) is 3.38. The van der Waals surface area contributed by atoms with Crippen molar-refractivity contribution in [1.29, 1.82) is 0 Å². The molecule has 0 aromatic heterocycles. The topological polar surface area (TPSA) is 0 Å². The average molecular weight is 394 g/mol. The number of hydrogen-bond donors (Lipinski definition) is 0. The number of aryl methyl sites for hydroxylation is 1. The molecule has 0 radical (unpaired) electrons. The van der Waals surface area contributed by atoms with Gasteiger partial charge in [-0.3, -0.25) is 0 Å². The van der Waals surface area contributed by atoms with E-state index in [0.717, 1.165) is 0 Å². The first-order valence-electron chi connectivity index (χ1n) is 7.40. The van der Waals surface area contributed by atoms with Crippen LogP contribution in [0.15, 0.2) is 72.8 Å². The second-order valence-corrected chi connectivity index (χ2v) is 6.93. The lowest BCUT2D eigenvalue weighted by Gasteiger charge is -2.10. The first-order chi connectivity index (χ1) is 10.7. The molecule has 0 saturated carbocycles. The maximum Gasteiger partial charge on any atom is 0.0136 e. The quantitative estimate of drug-likeness (QED) is 0.320. The Morgan fingerprint density at radius 1 is 0.682 bits per heavy atom. The molecule has 4 aromatic carbocycles. The number of benzene rings is 4. The standard InChI is InChI=1S/C21H15I/c1-14-6-11-20(21-5-3-2-4-19(14)21)17-8-7-16-13-18(22)10-9-15(16)12-17/h2-13H,1H3. The van der Waals surface area contributed by atoms with E-state index in [1.54, 1.807) is 0 Å². The molecule has 22 heavy (non-hydrogen) atoms. The highest BCUT2D eigenvalue weighted by Gasteiger charge is 2.06. The van der Waals surface area contributed by atoms with Crippen molar-refractivity contribution >= 4 is 44.1 Å². The van der Waals surface area contributed by atoms with E-state index in [9.17, 15) is 0 Å². The molecule has 0 heterocycles. The largest absolute Gasteiger partial charge is 0.0616 e. The van der Waals surface area contributed by atoms with Crippen molar-refractivity contribution in [2.75, 3.05) is 0 Å². The van der Waals surface area contributed by atoms with Crippen molar-refractivity contribution in [3.8, 4) is 11.1 Å². The van der Waals surface area contributed by atoms with Gasteiger partial charge in [-0.25, -0.2) is 0 Å². The lowest BCUT2D eigenvalue weighted by Crippen LogP contribution is -1.85. The van der Waals surface area contributed by atoms with Crippen LogP contribution in [0.1, 0.15) is 5.56 Å². The predicted octanol–water partition coefficient (Wildman–Crippen LogP) is 6.57. The molecule has 106 valence electrons. The molecular formula is C21H15I. The van der Waals surface area contributed by atoms with Gasteiger partial charge < -0.3 is 0 Å². The molecule has 4 rings (SSSR count). The van der Waals surface area contributed by atoms with Crippen molar-refractivity contribution < 1.29 is 0 Å². The van der Waals surface area contributed by atoms with Crippen LogP contribution >= 0.6 is 22.6 Å². The maximum absolute atomic E-state index is 2.36. The number of rotatable bonds is 1. The second kappa shape index (κ2) is 5.40. The van der Waals surface area contributed by atoms with Crippen LogP contribution < -0.4 is 0 Å². The predicted molar refractivity (Wildman–Crippen MR) is 104 cm³/mol. The summed E-state index contributed by atoms with van der Waals surface area (Å²) in [6.45, 7) is 2.18. The average Bonchev–Trinajstić information content (AvgIpc) is 2.55. The van der Waals surface area contributed by atoms with E-state index in [0.29, 0.717) is 0 Å². The summed E-state index contributed by atoms with van der Waals surface area (Å²) in [5.74, 6) is 0. The van der Waals surface area contributed by atoms with E-state index in [-0.39, 0.29) is 0 Å². The molecule has 0 aliphatic rings. The number of halogens is 1. The van der Waals surface area contributed by atoms with Gasteiger partial charge in [-0.1, -0.05) is 54.6 Å². The van der Waals surface area contributed by atoms with E-state index >= 15 is 0 Å². The SMILES string of the molecule is Cc1ccc(-c2ccc3cc(I)ccc3c2)c2ccccc12. The third-order valence-electron chi connectivity index (χ3n) is 4.26. The van der Waals surface area contributed by atoms with Crippen LogP contribution in [-0.2, 0) is 0 Å². The Morgan fingerprint density at radius 2 is 1.41 bits per heavy atom. The molecular weight excluding hydrogens is 379 g/mol. The maximum atomic E-state index is 2.36. The van der Waals surface area contributed by atoms with Gasteiger partial charge in [0.1, 0.15) is 0 Å². The minimum atomic E-state index is 1.28. The van der Waals surface area contributed by atoms with Gasteiger partial charge in [-0.15, -0.1) is 0 Å². The molecule has 0 fully saturated rings. The van der Waals surface area contributed by atoms with Crippen molar-refractivity contribution in [2.45, 2.75) is 6.92 Å². The third-order valence-corrected chi connectivity index (χ3v) is 4.93.